The maximum Gasteiger partial charge on any atom is 0.322 e. The lowest BCUT2D eigenvalue weighted by Gasteiger charge is -2.05. The number of aliphatic carboxylic acids is 1. The molecule has 1 heterocycles. The molecule has 1 aromatic heterocycles. The van der Waals surface area contributed by atoms with Crippen LogP contribution in [0.2, 0.25) is 0 Å². The van der Waals surface area contributed by atoms with Gasteiger partial charge in [0, 0.05) is 11.8 Å². The lowest BCUT2D eigenvalue weighted by Crippen LogP contribution is -2.14. The number of nitrogens with one attached hydrogen (secondary N) is 1. The average molecular weight is 257 g/mol. The molecule has 2 N–H and O–H groups in total. The van der Waals surface area contributed by atoms with Gasteiger partial charge in [0.2, 0.25) is 5.95 Å². The molecule has 19 heavy (non-hydrogen) atoms. The third-order valence-corrected chi connectivity index (χ3v) is 2.71. The molecule has 0 amide bonds. The van der Waals surface area contributed by atoms with E-state index in [0.29, 0.717) is 5.95 Å². The fraction of sp³-hybridized carbons (Fsp3) is 0.214. The van der Waals surface area contributed by atoms with Gasteiger partial charge in [0.15, 0.2) is 0 Å². The van der Waals surface area contributed by atoms with Gasteiger partial charge in [0.25, 0.3) is 0 Å². The molecule has 0 aliphatic rings. The van der Waals surface area contributed by atoms with Gasteiger partial charge < -0.3 is 10.4 Å². The molecule has 0 bridgehead atoms. The van der Waals surface area contributed by atoms with Gasteiger partial charge in [-0.3, -0.25) is 4.79 Å². The van der Waals surface area contributed by atoms with Crippen molar-refractivity contribution >= 4 is 11.9 Å². The molecule has 98 valence electrons. The van der Waals surface area contributed by atoms with E-state index >= 15 is 0 Å². The van der Waals surface area contributed by atoms with E-state index in [1.165, 1.54) is 5.56 Å². The summed E-state index contributed by atoms with van der Waals surface area (Å²) in [5.74, 6) is -0.624. The highest BCUT2D eigenvalue weighted by Crippen LogP contribution is 2.18. The van der Waals surface area contributed by atoms with Crippen molar-refractivity contribution < 1.29 is 9.90 Å². The summed E-state index contributed by atoms with van der Waals surface area (Å²) in [6.45, 7) is 1.91. The molecular weight excluding hydrogens is 242 g/mol. The van der Waals surface area contributed by atoms with E-state index in [2.05, 4.69) is 34.3 Å². The van der Waals surface area contributed by atoms with Crippen molar-refractivity contribution in [1.29, 1.82) is 0 Å². The van der Waals surface area contributed by atoms with Crippen molar-refractivity contribution in [2.75, 3.05) is 11.9 Å². The molecule has 0 saturated heterocycles. The first kappa shape index (κ1) is 13.0. The number of carboxylic acids is 1. The summed E-state index contributed by atoms with van der Waals surface area (Å²) in [6.07, 6.45) is 2.61. The van der Waals surface area contributed by atoms with Gasteiger partial charge in [-0.05, 0) is 18.1 Å². The second-order valence-corrected chi connectivity index (χ2v) is 4.06. The van der Waals surface area contributed by atoms with Crippen LogP contribution >= 0.6 is 0 Å². The SMILES string of the molecule is CCc1ccc(-c2ccnc(NCC(=O)O)n2)cc1. The summed E-state index contributed by atoms with van der Waals surface area (Å²) in [5.41, 5.74) is 3.02. The van der Waals surface area contributed by atoms with E-state index in [4.69, 9.17) is 5.11 Å². The minimum atomic E-state index is -0.943. The molecule has 0 aliphatic carbocycles. The van der Waals surface area contributed by atoms with Gasteiger partial charge in [-0.15, -0.1) is 0 Å². The first-order valence-corrected chi connectivity index (χ1v) is 6.07. The Morgan fingerprint density at radius 2 is 2.00 bits per heavy atom. The van der Waals surface area contributed by atoms with Crippen molar-refractivity contribution in [2.24, 2.45) is 0 Å². The molecule has 5 heteroatoms. The number of aromatic nitrogens is 2. The molecule has 2 rings (SSSR count). The molecule has 2 aromatic rings. The Bertz CT molecular complexity index is 567. The quantitative estimate of drug-likeness (QED) is 0.858. The number of benzene rings is 1. The van der Waals surface area contributed by atoms with Gasteiger partial charge in [0.1, 0.15) is 6.54 Å². The number of hydrogen-bond acceptors (Lipinski definition) is 4. The normalized spacial score (nSPS) is 10.2. The van der Waals surface area contributed by atoms with Crippen LogP contribution in [0.1, 0.15) is 12.5 Å². The largest absolute Gasteiger partial charge is 0.480 e. The Hall–Kier alpha value is -2.43. The van der Waals surface area contributed by atoms with Crippen LogP contribution in [0.5, 0.6) is 0 Å². The lowest BCUT2D eigenvalue weighted by molar-refractivity contribution is -0.134. The Morgan fingerprint density at radius 1 is 1.26 bits per heavy atom. The standard InChI is InChI=1S/C14H15N3O2/c1-2-10-3-5-11(6-4-10)12-7-8-15-14(17-12)16-9-13(18)19/h3-8H,2,9H2,1H3,(H,18,19)(H,15,16,17). The number of nitrogens with zero attached hydrogens (tertiary/aromatic N) is 2. The van der Waals surface area contributed by atoms with Crippen molar-refractivity contribution in [3.63, 3.8) is 0 Å². The van der Waals surface area contributed by atoms with Gasteiger partial charge in [0.05, 0.1) is 5.69 Å². The number of anilines is 1. The maximum absolute atomic E-state index is 10.5. The van der Waals surface area contributed by atoms with Crippen LogP contribution in [-0.2, 0) is 11.2 Å². The van der Waals surface area contributed by atoms with E-state index in [9.17, 15) is 4.79 Å². The minimum Gasteiger partial charge on any atom is -0.480 e. The zero-order valence-electron chi connectivity index (χ0n) is 10.6. The highest BCUT2D eigenvalue weighted by Gasteiger charge is 2.03. The van der Waals surface area contributed by atoms with E-state index < -0.39 is 5.97 Å². The molecule has 0 aliphatic heterocycles. The number of carboxylic acid groups (broad SMARTS) is 1. The summed E-state index contributed by atoms with van der Waals surface area (Å²) >= 11 is 0. The fourth-order valence-electron chi connectivity index (χ4n) is 1.67. The zero-order chi connectivity index (χ0) is 13.7. The van der Waals surface area contributed by atoms with Crippen LogP contribution in [0.4, 0.5) is 5.95 Å². The summed E-state index contributed by atoms with van der Waals surface area (Å²) in [6, 6.07) is 9.92. The van der Waals surface area contributed by atoms with Gasteiger partial charge in [-0.25, -0.2) is 9.97 Å². The van der Waals surface area contributed by atoms with Gasteiger partial charge in [-0.2, -0.15) is 0 Å². The zero-order valence-corrected chi connectivity index (χ0v) is 10.6. The summed E-state index contributed by atoms with van der Waals surface area (Å²) < 4.78 is 0. The van der Waals surface area contributed by atoms with E-state index in [0.717, 1.165) is 17.7 Å². The molecule has 1 aromatic carbocycles. The van der Waals surface area contributed by atoms with Crippen LogP contribution in [0, 0.1) is 0 Å². The Kier molecular flexibility index (Phi) is 4.07. The van der Waals surface area contributed by atoms with Crippen LogP contribution in [0.3, 0.4) is 0 Å². The van der Waals surface area contributed by atoms with Crippen LogP contribution in [0.25, 0.3) is 11.3 Å². The predicted octanol–water partition coefficient (Wildman–Crippen LogP) is 2.20. The average Bonchev–Trinajstić information content (AvgIpc) is 2.45. The van der Waals surface area contributed by atoms with Crippen LogP contribution < -0.4 is 5.32 Å². The third-order valence-electron chi connectivity index (χ3n) is 2.71. The number of aryl methyl sites for hydroxylation is 1. The van der Waals surface area contributed by atoms with Crippen molar-refractivity contribution in [1.82, 2.24) is 9.97 Å². The Balaban J connectivity index is 2.19. The number of carbonyl (C=O) groups is 1. The second kappa shape index (κ2) is 5.95. The molecule has 0 unspecified atom stereocenters. The van der Waals surface area contributed by atoms with E-state index in [-0.39, 0.29) is 6.54 Å². The van der Waals surface area contributed by atoms with Crippen LogP contribution in [-0.4, -0.2) is 27.6 Å². The Morgan fingerprint density at radius 3 is 2.63 bits per heavy atom. The van der Waals surface area contributed by atoms with Crippen molar-refractivity contribution in [3.05, 3.63) is 42.1 Å². The molecule has 0 saturated carbocycles. The smallest absolute Gasteiger partial charge is 0.322 e. The lowest BCUT2D eigenvalue weighted by atomic mass is 10.1. The van der Waals surface area contributed by atoms with Crippen molar-refractivity contribution in [3.8, 4) is 11.3 Å². The predicted molar refractivity (Wildman–Crippen MR) is 73.0 cm³/mol. The fourth-order valence-corrected chi connectivity index (χ4v) is 1.67. The Labute approximate surface area is 111 Å². The third kappa shape index (κ3) is 3.51. The number of hydrogen-bond donors (Lipinski definition) is 2. The monoisotopic (exact) mass is 257 g/mol. The summed E-state index contributed by atoms with van der Waals surface area (Å²) in [7, 11) is 0. The first-order chi connectivity index (χ1) is 9.19. The van der Waals surface area contributed by atoms with Crippen molar-refractivity contribution in [2.45, 2.75) is 13.3 Å². The highest BCUT2D eigenvalue weighted by molar-refractivity contribution is 5.72. The first-order valence-electron chi connectivity index (χ1n) is 6.07. The molecule has 5 nitrogen and oxygen atoms in total. The second-order valence-electron chi connectivity index (χ2n) is 4.06. The number of rotatable bonds is 5. The topological polar surface area (TPSA) is 75.1 Å². The molecule has 0 radical (unpaired) electrons. The highest BCUT2D eigenvalue weighted by atomic mass is 16.4. The molecule has 0 fully saturated rings. The van der Waals surface area contributed by atoms with E-state index in [1.807, 2.05) is 12.1 Å². The summed E-state index contributed by atoms with van der Waals surface area (Å²) in [5, 5.41) is 11.3. The maximum atomic E-state index is 10.5. The summed E-state index contributed by atoms with van der Waals surface area (Å²) in [4.78, 5) is 18.7. The molecular formula is C14H15N3O2. The van der Waals surface area contributed by atoms with E-state index in [1.54, 1.807) is 12.3 Å². The van der Waals surface area contributed by atoms with Gasteiger partial charge >= 0.3 is 5.97 Å². The van der Waals surface area contributed by atoms with Gasteiger partial charge in [-0.1, -0.05) is 31.2 Å². The molecule has 0 atom stereocenters. The molecule has 0 spiro atoms. The minimum absolute atomic E-state index is 0.196. The van der Waals surface area contributed by atoms with Crippen LogP contribution in [0.15, 0.2) is 36.5 Å².